The molecule has 0 saturated heterocycles. The standard InChI is InChI=1S/C20H22N6O3.H2S/c1-12(14-3-4-22-20-18(14)28-5-6-29-20)9-23-17-8-16(25-11-26-17)13-7-15(21)19(27-2)24-10-13;/h3-4,7-8,10-12H,5-6,9,21H2,1-2H3,(H,23,25,26);1H2/t12-;/m1./s1. The summed E-state index contributed by atoms with van der Waals surface area (Å²) < 4.78 is 16.4. The third-order valence-electron chi connectivity index (χ3n) is 4.63. The molecule has 0 radical (unpaired) electrons. The average molecular weight is 429 g/mol. The van der Waals surface area contributed by atoms with E-state index in [1.54, 1.807) is 18.5 Å². The highest BCUT2D eigenvalue weighted by atomic mass is 32.1. The van der Waals surface area contributed by atoms with E-state index in [2.05, 4.69) is 32.2 Å². The molecule has 30 heavy (non-hydrogen) atoms. The summed E-state index contributed by atoms with van der Waals surface area (Å²) in [5, 5.41) is 3.35. The number of methoxy groups -OCH3 is 1. The predicted molar refractivity (Wildman–Crippen MR) is 119 cm³/mol. The lowest BCUT2D eigenvalue weighted by Crippen LogP contribution is -2.19. The van der Waals surface area contributed by atoms with Crippen molar-refractivity contribution in [3.05, 3.63) is 42.5 Å². The maximum absolute atomic E-state index is 5.95. The van der Waals surface area contributed by atoms with Crippen molar-refractivity contribution in [3.8, 4) is 28.8 Å². The van der Waals surface area contributed by atoms with Gasteiger partial charge in [0.05, 0.1) is 18.5 Å². The zero-order chi connectivity index (χ0) is 20.2. The quantitative estimate of drug-likeness (QED) is 0.611. The van der Waals surface area contributed by atoms with Crippen LogP contribution in [0.15, 0.2) is 36.9 Å². The number of aromatic nitrogens is 4. The molecule has 3 N–H and O–H groups in total. The first-order valence-corrected chi connectivity index (χ1v) is 9.26. The fraction of sp³-hybridized carbons (Fsp3) is 0.300. The Morgan fingerprint density at radius 3 is 2.80 bits per heavy atom. The molecular weight excluding hydrogens is 404 g/mol. The Labute approximate surface area is 181 Å². The van der Waals surface area contributed by atoms with Gasteiger partial charge in [-0.05, 0) is 12.1 Å². The third-order valence-corrected chi connectivity index (χ3v) is 4.63. The first-order chi connectivity index (χ1) is 14.2. The molecule has 0 spiro atoms. The Bertz CT molecular complexity index is 1020. The zero-order valence-electron chi connectivity index (χ0n) is 16.8. The first kappa shape index (κ1) is 21.4. The van der Waals surface area contributed by atoms with Gasteiger partial charge in [0, 0.05) is 42.0 Å². The number of rotatable bonds is 6. The molecule has 1 aliphatic rings. The van der Waals surface area contributed by atoms with Crippen molar-refractivity contribution in [2.75, 3.05) is 37.9 Å². The van der Waals surface area contributed by atoms with Crippen LogP contribution in [-0.4, -0.2) is 46.8 Å². The van der Waals surface area contributed by atoms with E-state index >= 15 is 0 Å². The number of nitrogens with one attached hydrogen (secondary N) is 1. The second-order valence-electron chi connectivity index (χ2n) is 6.62. The summed E-state index contributed by atoms with van der Waals surface area (Å²) in [5.74, 6) is 2.52. The summed E-state index contributed by atoms with van der Waals surface area (Å²) in [6, 6.07) is 5.59. The van der Waals surface area contributed by atoms with E-state index in [0.717, 1.165) is 22.6 Å². The molecule has 9 nitrogen and oxygen atoms in total. The number of anilines is 2. The largest absolute Gasteiger partial charge is 0.484 e. The molecule has 0 aliphatic carbocycles. The molecule has 0 aromatic carbocycles. The molecule has 1 atom stereocenters. The highest BCUT2D eigenvalue weighted by molar-refractivity contribution is 7.59. The van der Waals surface area contributed by atoms with Crippen LogP contribution in [0.2, 0.25) is 0 Å². The highest BCUT2D eigenvalue weighted by Crippen LogP contribution is 2.35. The van der Waals surface area contributed by atoms with E-state index in [1.807, 2.05) is 12.1 Å². The van der Waals surface area contributed by atoms with Crippen LogP contribution in [0.3, 0.4) is 0 Å². The monoisotopic (exact) mass is 428 g/mol. The van der Waals surface area contributed by atoms with Crippen LogP contribution in [-0.2, 0) is 0 Å². The maximum Gasteiger partial charge on any atom is 0.257 e. The Balaban J connectivity index is 0.00000256. The number of fused-ring (bicyclic) bond motifs is 1. The van der Waals surface area contributed by atoms with Gasteiger partial charge in [0.15, 0.2) is 5.75 Å². The number of nitrogens with zero attached hydrogens (tertiary/aromatic N) is 4. The smallest absolute Gasteiger partial charge is 0.257 e. The van der Waals surface area contributed by atoms with Gasteiger partial charge in [-0.1, -0.05) is 6.92 Å². The summed E-state index contributed by atoms with van der Waals surface area (Å²) in [6.45, 7) is 3.81. The normalized spacial score (nSPS) is 13.1. The molecule has 0 fully saturated rings. The van der Waals surface area contributed by atoms with Gasteiger partial charge in [-0.25, -0.2) is 19.9 Å². The molecule has 3 aromatic rings. The number of pyridine rings is 2. The maximum atomic E-state index is 5.95. The summed E-state index contributed by atoms with van der Waals surface area (Å²) >= 11 is 0. The van der Waals surface area contributed by atoms with Crippen molar-refractivity contribution in [2.24, 2.45) is 0 Å². The summed E-state index contributed by atoms with van der Waals surface area (Å²) in [4.78, 5) is 17.1. The summed E-state index contributed by atoms with van der Waals surface area (Å²) in [7, 11) is 1.53. The zero-order valence-corrected chi connectivity index (χ0v) is 17.8. The van der Waals surface area contributed by atoms with Crippen LogP contribution in [0, 0.1) is 0 Å². The van der Waals surface area contributed by atoms with E-state index in [0.29, 0.717) is 43.0 Å². The lowest BCUT2D eigenvalue weighted by atomic mass is 10.0. The van der Waals surface area contributed by atoms with Gasteiger partial charge in [-0.2, -0.15) is 13.5 Å². The summed E-state index contributed by atoms with van der Waals surface area (Å²) in [5.41, 5.74) is 8.96. The van der Waals surface area contributed by atoms with E-state index < -0.39 is 0 Å². The van der Waals surface area contributed by atoms with Gasteiger partial charge in [0.2, 0.25) is 5.88 Å². The molecule has 0 saturated carbocycles. The summed E-state index contributed by atoms with van der Waals surface area (Å²) in [6.07, 6.45) is 4.92. The number of nitrogen functional groups attached to an aromatic ring is 1. The Morgan fingerprint density at radius 2 is 2.00 bits per heavy atom. The number of hydrogen-bond donors (Lipinski definition) is 2. The third kappa shape index (κ3) is 4.48. The lowest BCUT2D eigenvalue weighted by Gasteiger charge is -2.22. The molecule has 3 aromatic heterocycles. The van der Waals surface area contributed by atoms with E-state index in [9.17, 15) is 0 Å². The Morgan fingerprint density at radius 1 is 1.17 bits per heavy atom. The second-order valence-corrected chi connectivity index (χ2v) is 6.62. The number of ether oxygens (including phenoxy) is 3. The molecular formula is C20H24N6O3S. The topological polar surface area (TPSA) is 117 Å². The van der Waals surface area contributed by atoms with Crippen LogP contribution in [0.4, 0.5) is 11.5 Å². The molecule has 0 unspecified atom stereocenters. The molecule has 4 heterocycles. The number of hydrogen-bond acceptors (Lipinski definition) is 9. The Hall–Kier alpha value is -3.27. The highest BCUT2D eigenvalue weighted by Gasteiger charge is 2.20. The van der Waals surface area contributed by atoms with Crippen molar-refractivity contribution >= 4 is 25.0 Å². The van der Waals surface area contributed by atoms with Crippen molar-refractivity contribution in [2.45, 2.75) is 12.8 Å². The SMILES string of the molecule is COc1ncc(-c2cc(NC[C@@H](C)c3ccnc4c3OCCO4)ncn2)cc1N.S. The Kier molecular flexibility index (Phi) is 6.78. The van der Waals surface area contributed by atoms with Crippen LogP contribution in [0.1, 0.15) is 18.4 Å². The molecule has 1 aliphatic heterocycles. The van der Waals surface area contributed by atoms with E-state index in [4.69, 9.17) is 19.9 Å². The molecule has 158 valence electrons. The van der Waals surface area contributed by atoms with Crippen molar-refractivity contribution in [1.82, 2.24) is 19.9 Å². The molecule has 10 heteroatoms. The van der Waals surface area contributed by atoms with Crippen LogP contribution >= 0.6 is 13.5 Å². The van der Waals surface area contributed by atoms with Crippen molar-refractivity contribution < 1.29 is 14.2 Å². The van der Waals surface area contributed by atoms with Crippen LogP contribution in [0.5, 0.6) is 17.5 Å². The fourth-order valence-corrected chi connectivity index (χ4v) is 3.12. The predicted octanol–water partition coefficient (Wildman–Crippen LogP) is 2.62. The van der Waals surface area contributed by atoms with Gasteiger partial charge < -0.3 is 25.3 Å². The average Bonchev–Trinajstić information content (AvgIpc) is 2.77. The first-order valence-electron chi connectivity index (χ1n) is 9.26. The molecule has 0 amide bonds. The van der Waals surface area contributed by atoms with Gasteiger partial charge in [-0.15, -0.1) is 0 Å². The van der Waals surface area contributed by atoms with Gasteiger partial charge in [0.25, 0.3) is 5.88 Å². The van der Waals surface area contributed by atoms with E-state index in [-0.39, 0.29) is 19.4 Å². The van der Waals surface area contributed by atoms with E-state index in [1.165, 1.54) is 13.4 Å². The van der Waals surface area contributed by atoms with Gasteiger partial charge >= 0.3 is 0 Å². The fourth-order valence-electron chi connectivity index (χ4n) is 3.12. The van der Waals surface area contributed by atoms with Crippen LogP contribution in [0.25, 0.3) is 11.3 Å². The lowest BCUT2D eigenvalue weighted by molar-refractivity contribution is 0.162. The minimum atomic E-state index is 0. The minimum absolute atomic E-state index is 0. The molecule has 4 rings (SSSR count). The minimum Gasteiger partial charge on any atom is -0.484 e. The van der Waals surface area contributed by atoms with Crippen LogP contribution < -0.4 is 25.3 Å². The van der Waals surface area contributed by atoms with Gasteiger partial charge in [-0.3, -0.25) is 0 Å². The number of nitrogens with two attached hydrogens (primary N) is 1. The van der Waals surface area contributed by atoms with Crippen molar-refractivity contribution in [1.29, 1.82) is 0 Å². The molecule has 0 bridgehead atoms. The second kappa shape index (κ2) is 9.49. The van der Waals surface area contributed by atoms with Gasteiger partial charge in [0.1, 0.15) is 25.4 Å². The van der Waals surface area contributed by atoms with Crippen molar-refractivity contribution in [3.63, 3.8) is 0 Å².